The van der Waals surface area contributed by atoms with E-state index in [2.05, 4.69) is 9.72 Å². The van der Waals surface area contributed by atoms with Crippen LogP contribution < -0.4 is 10.5 Å². The van der Waals surface area contributed by atoms with Gasteiger partial charge in [-0.15, -0.1) is 0 Å². The van der Waals surface area contributed by atoms with Crippen molar-refractivity contribution < 1.29 is 27.1 Å². The van der Waals surface area contributed by atoms with Gasteiger partial charge in [-0.1, -0.05) is 13.8 Å². The number of hydrogen-bond acceptors (Lipinski definition) is 4. The van der Waals surface area contributed by atoms with Crippen molar-refractivity contribution in [1.82, 2.24) is 9.88 Å². The first-order valence-electron chi connectivity index (χ1n) is 7.80. The monoisotopic (exact) mass is 365 g/mol. The van der Waals surface area contributed by atoms with Crippen molar-refractivity contribution in [2.75, 3.05) is 20.2 Å². The number of carbonyl (C=O) groups is 1. The summed E-state index contributed by atoms with van der Waals surface area (Å²) in [4.78, 5) is 17.4. The highest BCUT2D eigenvalue weighted by Crippen LogP contribution is 2.23. The Balaban J connectivity index is 2.59. The number of nitrogens with two attached hydrogens (primary N) is 1. The molecule has 0 aliphatic heterocycles. The lowest BCUT2D eigenvalue weighted by Crippen LogP contribution is -2.34. The number of pyridine rings is 1. The van der Waals surface area contributed by atoms with Gasteiger partial charge in [-0.25, -0.2) is 13.8 Å². The summed E-state index contributed by atoms with van der Waals surface area (Å²) in [6, 6.07) is 2.49. The minimum absolute atomic E-state index is 0.0272. The molecule has 5 nitrogen and oxygen atoms in total. The molecule has 0 saturated heterocycles. The summed E-state index contributed by atoms with van der Waals surface area (Å²) in [7, 11) is 1.61. The smallest absolute Gasteiger partial charge is 0.340 e. The summed E-state index contributed by atoms with van der Waals surface area (Å²) in [6.45, 7) is 2.95. The van der Waals surface area contributed by atoms with Crippen LogP contribution in [-0.4, -0.2) is 54.4 Å². The SMILES string of the molecule is CC(C)C(N)CCN(C)C(=O)c1ccc(OCC(F)(F)C(F)F)nc1. The van der Waals surface area contributed by atoms with Crippen LogP contribution in [0.3, 0.4) is 0 Å². The molecule has 1 atom stereocenters. The third-order valence-corrected chi connectivity index (χ3v) is 3.72. The lowest BCUT2D eigenvalue weighted by atomic mass is 10.0. The van der Waals surface area contributed by atoms with Crippen molar-refractivity contribution in [3.63, 3.8) is 0 Å². The third kappa shape index (κ3) is 6.49. The molecule has 0 bridgehead atoms. The zero-order valence-electron chi connectivity index (χ0n) is 14.4. The number of alkyl halides is 4. The molecule has 0 aliphatic carbocycles. The molecule has 1 heterocycles. The number of nitrogens with zero attached hydrogens (tertiary/aromatic N) is 2. The van der Waals surface area contributed by atoms with E-state index in [0.717, 1.165) is 6.20 Å². The maximum Gasteiger partial charge on any atom is 0.340 e. The van der Waals surface area contributed by atoms with E-state index in [4.69, 9.17) is 5.73 Å². The van der Waals surface area contributed by atoms with Crippen molar-refractivity contribution in [3.05, 3.63) is 23.9 Å². The molecule has 1 unspecified atom stereocenters. The van der Waals surface area contributed by atoms with Gasteiger partial charge in [0.25, 0.3) is 5.91 Å². The van der Waals surface area contributed by atoms with Gasteiger partial charge in [0.05, 0.1) is 5.56 Å². The first kappa shape index (κ1) is 21.1. The molecule has 1 aromatic heterocycles. The van der Waals surface area contributed by atoms with Gasteiger partial charge in [0.15, 0.2) is 6.61 Å². The standard InChI is InChI=1S/C16H23F4N3O2/c1-10(2)12(21)6-7-23(3)14(24)11-4-5-13(22-8-11)25-9-16(19,20)15(17)18/h4-5,8,10,12,15H,6-7,9,21H2,1-3H3. The molecule has 142 valence electrons. The summed E-state index contributed by atoms with van der Waals surface area (Å²) in [5.41, 5.74) is 6.16. The lowest BCUT2D eigenvalue weighted by Gasteiger charge is -2.21. The van der Waals surface area contributed by atoms with Crippen molar-refractivity contribution in [2.45, 2.75) is 38.7 Å². The van der Waals surface area contributed by atoms with Gasteiger partial charge in [0, 0.05) is 31.9 Å². The number of amides is 1. The molecule has 25 heavy (non-hydrogen) atoms. The fourth-order valence-electron chi connectivity index (χ4n) is 1.82. The van der Waals surface area contributed by atoms with Crippen LogP contribution in [0.15, 0.2) is 18.3 Å². The van der Waals surface area contributed by atoms with Crippen LogP contribution in [0, 0.1) is 5.92 Å². The van der Waals surface area contributed by atoms with E-state index in [1.54, 1.807) is 7.05 Å². The van der Waals surface area contributed by atoms with Crippen LogP contribution in [0.4, 0.5) is 17.6 Å². The minimum atomic E-state index is -4.26. The van der Waals surface area contributed by atoms with Gasteiger partial charge in [-0.2, -0.15) is 8.78 Å². The van der Waals surface area contributed by atoms with Gasteiger partial charge in [0.2, 0.25) is 5.88 Å². The topological polar surface area (TPSA) is 68.5 Å². The maximum atomic E-state index is 12.8. The summed E-state index contributed by atoms with van der Waals surface area (Å²) >= 11 is 0. The molecule has 1 rings (SSSR count). The predicted octanol–water partition coefficient (Wildman–Crippen LogP) is 2.81. The second-order valence-corrected chi connectivity index (χ2v) is 6.16. The van der Waals surface area contributed by atoms with Crippen molar-refractivity contribution in [3.8, 4) is 5.88 Å². The minimum Gasteiger partial charge on any atom is -0.471 e. The Bertz CT molecular complexity index is 553. The van der Waals surface area contributed by atoms with Crippen molar-refractivity contribution >= 4 is 5.91 Å². The van der Waals surface area contributed by atoms with Crippen LogP contribution in [0.25, 0.3) is 0 Å². The fraction of sp³-hybridized carbons (Fsp3) is 0.625. The Hall–Kier alpha value is -1.90. The molecule has 0 spiro atoms. The predicted molar refractivity (Wildman–Crippen MR) is 85.1 cm³/mol. The third-order valence-electron chi connectivity index (χ3n) is 3.72. The quantitative estimate of drug-likeness (QED) is 0.684. The van der Waals surface area contributed by atoms with Crippen LogP contribution in [-0.2, 0) is 0 Å². The molecule has 0 fully saturated rings. The van der Waals surface area contributed by atoms with Crippen LogP contribution in [0.2, 0.25) is 0 Å². The molecular weight excluding hydrogens is 342 g/mol. The largest absolute Gasteiger partial charge is 0.471 e. The van der Waals surface area contributed by atoms with Gasteiger partial charge in [-0.3, -0.25) is 4.79 Å². The van der Waals surface area contributed by atoms with E-state index >= 15 is 0 Å². The van der Waals surface area contributed by atoms with Crippen LogP contribution in [0.5, 0.6) is 5.88 Å². The number of ether oxygens (including phenoxy) is 1. The number of carbonyl (C=O) groups excluding carboxylic acids is 1. The average molecular weight is 365 g/mol. The Morgan fingerprint density at radius 3 is 2.48 bits per heavy atom. The average Bonchev–Trinajstić information content (AvgIpc) is 2.57. The first-order valence-corrected chi connectivity index (χ1v) is 7.80. The van der Waals surface area contributed by atoms with Crippen molar-refractivity contribution in [2.24, 2.45) is 11.7 Å². The molecule has 1 amide bonds. The summed E-state index contributed by atoms with van der Waals surface area (Å²) < 4.78 is 54.2. The number of hydrogen-bond donors (Lipinski definition) is 1. The number of aromatic nitrogens is 1. The zero-order valence-corrected chi connectivity index (χ0v) is 14.4. The highest BCUT2D eigenvalue weighted by Gasteiger charge is 2.41. The lowest BCUT2D eigenvalue weighted by molar-refractivity contribution is -0.148. The van der Waals surface area contributed by atoms with E-state index < -0.39 is 19.0 Å². The Kier molecular flexibility index (Phi) is 7.60. The molecule has 2 N–H and O–H groups in total. The number of halogens is 4. The van der Waals surface area contributed by atoms with E-state index in [-0.39, 0.29) is 23.4 Å². The van der Waals surface area contributed by atoms with E-state index in [9.17, 15) is 22.4 Å². The Morgan fingerprint density at radius 2 is 2.00 bits per heavy atom. The molecule has 0 saturated carbocycles. The summed E-state index contributed by atoms with van der Waals surface area (Å²) in [5.74, 6) is -4.53. The second-order valence-electron chi connectivity index (χ2n) is 6.16. The van der Waals surface area contributed by atoms with Gasteiger partial charge < -0.3 is 15.4 Å². The second kappa shape index (κ2) is 8.98. The zero-order chi connectivity index (χ0) is 19.2. The van der Waals surface area contributed by atoms with Gasteiger partial charge >= 0.3 is 12.3 Å². The van der Waals surface area contributed by atoms with E-state index in [1.165, 1.54) is 17.0 Å². The highest BCUT2D eigenvalue weighted by atomic mass is 19.3. The molecule has 9 heteroatoms. The Morgan fingerprint density at radius 1 is 1.36 bits per heavy atom. The maximum absolute atomic E-state index is 12.8. The van der Waals surface area contributed by atoms with Crippen molar-refractivity contribution in [1.29, 1.82) is 0 Å². The van der Waals surface area contributed by atoms with E-state index in [0.29, 0.717) is 18.9 Å². The number of rotatable bonds is 9. The molecule has 0 aromatic carbocycles. The molecule has 1 aromatic rings. The normalized spacial score (nSPS) is 13.2. The first-order chi connectivity index (χ1) is 11.5. The molecule has 0 radical (unpaired) electrons. The van der Waals surface area contributed by atoms with Gasteiger partial charge in [0.1, 0.15) is 0 Å². The molecule has 0 aliphatic rings. The van der Waals surface area contributed by atoms with Crippen LogP contribution in [0.1, 0.15) is 30.6 Å². The Labute approximate surface area is 144 Å². The summed E-state index contributed by atoms with van der Waals surface area (Å²) in [5, 5.41) is 0. The van der Waals surface area contributed by atoms with E-state index in [1.807, 2.05) is 13.8 Å². The summed E-state index contributed by atoms with van der Waals surface area (Å²) in [6.07, 6.45) is -2.03. The van der Waals surface area contributed by atoms with Gasteiger partial charge in [-0.05, 0) is 18.4 Å². The fourth-order valence-corrected chi connectivity index (χ4v) is 1.82. The molecular formula is C16H23F4N3O2. The highest BCUT2D eigenvalue weighted by molar-refractivity contribution is 5.93. The van der Waals surface area contributed by atoms with Crippen LogP contribution >= 0.6 is 0 Å².